The van der Waals surface area contributed by atoms with Gasteiger partial charge in [-0.2, -0.15) is 16.8 Å². The Bertz CT molecular complexity index is 3890. The molecule has 2 aliphatic heterocycles. The number of aromatic nitrogens is 5. The predicted octanol–water partition coefficient (Wildman–Crippen LogP) is 1.23. The number of nitrogens with zero attached hydrogens (tertiary/aromatic N) is 3. The number of aliphatic carboxylic acids is 1. The highest BCUT2D eigenvalue weighted by Gasteiger charge is 2.54. The van der Waals surface area contributed by atoms with E-state index in [0.29, 0.717) is 31.4 Å². The van der Waals surface area contributed by atoms with Gasteiger partial charge in [0.1, 0.15) is 64.0 Å². The van der Waals surface area contributed by atoms with Crippen LogP contribution in [0, 0.1) is 18.8 Å². The van der Waals surface area contributed by atoms with E-state index in [4.69, 9.17) is 28.4 Å². The number of aryl methyl sites for hydroxylation is 3. The number of ether oxygens (including phenoxy) is 6. The maximum Gasteiger partial charge on any atom is 0.338 e. The predicted molar refractivity (Wildman–Crippen MR) is 327 cm³/mol. The fraction of sp³-hybridized carbons (Fsp3) is 0.557. The third-order valence-corrected chi connectivity index (χ3v) is 19.2. The van der Waals surface area contributed by atoms with E-state index in [0.717, 1.165) is 43.5 Å². The number of rotatable bonds is 27. The molecule has 4 heterocycles. The standard InChI is InChI=1S/C61H77N7O25S2/c1-30-22-36-44(94(82,83)84)20-19-37(48(36)45(23-30)95(85,86)87)62-46(71)18-11-21-68-28-35(66-67-68)16-9-10-17-40(70)34-25-38(63-56(77)39-27-47(72)65-61(81)64-39)53(93-59-52(76)51(75)49(73)31(2)88-59)41(26-34)90-60-55(92-58(80)33-14-7-4-8-15-33)54(50(74)43(29-69)91-60)89-42(57(78)79)24-32-12-5-3-6-13-32/h4,7-8,14-15,19-20,22-23,27-28,31-32,34,38,41-43,49-55,59-60,69,73-76H,3,5-6,9-13,16-18,21,24-26,29H2,1-2H3,(H,62,71)(H,63,77)(H,78,79)(H,82,83,84)(H,85,86,87)(H2,64,65,72,81)/t31?,34?,38?,41?,42-,43?,49?,50?,51?,52?,53?,54?,55?,59?,60?/m0/s1. The van der Waals surface area contributed by atoms with Crippen LogP contribution in [-0.2, 0) is 76.0 Å². The molecule has 4 fully saturated rings. The second-order valence-corrected chi connectivity index (χ2v) is 27.2. The number of fused-ring (bicyclic) bond motifs is 1. The Morgan fingerprint density at radius 2 is 1.52 bits per heavy atom. The molecule has 518 valence electrons. The molecule has 14 unspecified atom stereocenters. The second kappa shape index (κ2) is 31.3. The molecule has 34 heteroatoms. The van der Waals surface area contributed by atoms with Crippen LogP contribution in [0.25, 0.3) is 10.8 Å². The van der Waals surface area contributed by atoms with Crippen LogP contribution in [0.2, 0.25) is 0 Å². The van der Waals surface area contributed by atoms with Crippen molar-refractivity contribution in [3.05, 3.63) is 110 Å². The number of carbonyl (C=O) groups excluding carboxylic acids is 4. The minimum Gasteiger partial charge on any atom is -0.479 e. The molecule has 2 aromatic heterocycles. The smallest absolute Gasteiger partial charge is 0.338 e. The largest absolute Gasteiger partial charge is 0.479 e. The molecule has 0 spiro atoms. The summed E-state index contributed by atoms with van der Waals surface area (Å²) in [5.41, 5.74) is -1.98. The van der Waals surface area contributed by atoms with Gasteiger partial charge in [-0.3, -0.25) is 37.9 Å². The number of anilines is 1. The highest BCUT2D eigenvalue weighted by molar-refractivity contribution is 7.86. The van der Waals surface area contributed by atoms with E-state index in [1.54, 1.807) is 12.3 Å². The lowest BCUT2D eigenvalue weighted by Gasteiger charge is -2.49. The molecule has 32 nitrogen and oxygen atoms in total. The van der Waals surface area contributed by atoms with Gasteiger partial charge >= 0.3 is 17.6 Å². The summed E-state index contributed by atoms with van der Waals surface area (Å²) in [4.78, 5) is 97.0. The number of aliphatic hydroxyl groups is 5. The van der Waals surface area contributed by atoms with Gasteiger partial charge in [-0.1, -0.05) is 55.5 Å². The first-order valence-corrected chi connectivity index (χ1v) is 33.9. The van der Waals surface area contributed by atoms with Crippen LogP contribution in [0.1, 0.15) is 122 Å². The Morgan fingerprint density at radius 3 is 2.20 bits per heavy atom. The van der Waals surface area contributed by atoms with E-state index in [9.17, 15) is 90.1 Å². The number of amides is 2. The van der Waals surface area contributed by atoms with E-state index in [1.165, 1.54) is 48.9 Å². The number of hydrogen-bond acceptors (Lipinski definition) is 24. The van der Waals surface area contributed by atoms with Crippen molar-refractivity contribution in [1.29, 1.82) is 0 Å². The number of esters is 1. The van der Waals surface area contributed by atoms with Crippen LogP contribution in [-0.4, -0.2) is 203 Å². The number of Topliss-reactive ketones (excluding diaryl/α,β-unsaturated/α-hetero) is 1. The molecule has 15 atom stereocenters. The first-order chi connectivity index (χ1) is 45.1. The monoisotopic (exact) mass is 1370 g/mol. The number of unbranched alkanes of at least 4 members (excludes halogenated alkanes) is 1. The number of ketones is 1. The fourth-order valence-corrected chi connectivity index (χ4v) is 14.1. The van der Waals surface area contributed by atoms with Crippen molar-refractivity contribution in [2.75, 3.05) is 11.9 Å². The molecular weight excluding hydrogens is 1290 g/mol. The number of hydrogen-bond donors (Lipinski definition) is 12. The van der Waals surface area contributed by atoms with E-state index >= 15 is 0 Å². The van der Waals surface area contributed by atoms with Gasteiger partial charge in [0.2, 0.25) is 5.91 Å². The maximum atomic E-state index is 14.7. The number of carbonyl (C=O) groups is 5. The molecule has 2 saturated carbocycles. The number of carboxylic acid groups (broad SMARTS) is 1. The molecule has 12 N–H and O–H groups in total. The summed E-state index contributed by atoms with van der Waals surface area (Å²) in [6.07, 6.45) is -16.5. The zero-order chi connectivity index (χ0) is 68.6. The number of aromatic amines is 2. The summed E-state index contributed by atoms with van der Waals surface area (Å²) < 4.78 is 108. The summed E-state index contributed by atoms with van der Waals surface area (Å²) in [5.74, 6) is -5.68. The Morgan fingerprint density at radius 1 is 0.789 bits per heavy atom. The van der Waals surface area contributed by atoms with Crippen molar-refractivity contribution >= 4 is 66.2 Å². The average molecular weight is 1370 g/mol. The molecule has 3 aromatic carbocycles. The Hall–Kier alpha value is -7.29. The van der Waals surface area contributed by atoms with Gasteiger partial charge in [0.25, 0.3) is 31.7 Å². The zero-order valence-electron chi connectivity index (χ0n) is 51.6. The first-order valence-electron chi connectivity index (χ1n) is 31.0. The van der Waals surface area contributed by atoms with Crippen LogP contribution in [0.4, 0.5) is 5.69 Å². The Balaban J connectivity index is 0.944. The maximum absolute atomic E-state index is 14.7. The third-order valence-electron chi connectivity index (χ3n) is 17.4. The normalized spacial score (nSPS) is 27.1. The van der Waals surface area contributed by atoms with Crippen molar-refractivity contribution in [2.24, 2.45) is 11.8 Å². The van der Waals surface area contributed by atoms with E-state index in [2.05, 4.69) is 25.9 Å². The minimum absolute atomic E-state index is 0.000444. The number of carboxylic acids is 1. The van der Waals surface area contributed by atoms with E-state index < -0.39 is 175 Å². The second-order valence-electron chi connectivity index (χ2n) is 24.4. The van der Waals surface area contributed by atoms with Crippen molar-refractivity contribution < 1.29 is 109 Å². The van der Waals surface area contributed by atoms with Gasteiger partial charge in [-0.25, -0.2) is 14.4 Å². The lowest BCUT2D eigenvalue weighted by molar-refractivity contribution is -0.347. The van der Waals surface area contributed by atoms with Gasteiger partial charge in [0, 0.05) is 48.3 Å². The van der Waals surface area contributed by atoms with Crippen molar-refractivity contribution in [2.45, 2.75) is 206 Å². The number of benzene rings is 3. The molecule has 2 saturated heterocycles. The molecule has 0 bridgehead atoms. The molecule has 9 rings (SSSR count). The van der Waals surface area contributed by atoms with E-state index in [1.807, 2.05) is 4.98 Å². The van der Waals surface area contributed by atoms with Crippen LogP contribution >= 0.6 is 0 Å². The quantitative estimate of drug-likeness (QED) is 0.0200. The van der Waals surface area contributed by atoms with Crippen LogP contribution < -0.4 is 21.9 Å². The summed E-state index contributed by atoms with van der Waals surface area (Å²) in [5, 5.41) is 79.2. The van der Waals surface area contributed by atoms with Gasteiger partial charge in [-0.15, -0.1) is 5.10 Å². The molecule has 4 aliphatic rings. The summed E-state index contributed by atoms with van der Waals surface area (Å²) in [6, 6.07) is 11.3. The van der Waals surface area contributed by atoms with Crippen molar-refractivity contribution in [3.63, 3.8) is 0 Å². The average Bonchev–Trinajstić information content (AvgIpc) is 0.859. The van der Waals surface area contributed by atoms with Crippen LogP contribution in [0.5, 0.6) is 0 Å². The van der Waals surface area contributed by atoms with Gasteiger partial charge in [0.15, 0.2) is 24.8 Å². The fourth-order valence-electron chi connectivity index (χ4n) is 12.6. The molecule has 95 heavy (non-hydrogen) atoms. The number of aliphatic hydroxyl groups excluding tert-OH is 5. The minimum atomic E-state index is -4.96. The molecule has 2 amide bonds. The van der Waals surface area contributed by atoms with Gasteiger partial charge in [-0.05, 0) is 107 Å². The lowest BCUT2D eigenvalue weighted by atomic mass is 9.78. The van der Waals surface area contributed by atoms with Gasteiger partial charge < -0.3 is 74.7 Å². The lowest BCUT2D eigenvalue weighted by Crippen LogP contribution is -2.65. The molecule has 0 radical (unpaired) electrons. The summed E-state index contributed by atoms with van der Waals surface area (Å²) in [6.45, 7) is 2.05. The third kappa shape index (κ3) is 18.0. The molecule has 2 aliphatic carbocycles. The highest BCUT2D eigenvalue weighted by Crippen LogP contribution is 2.40. The van der Waals surface area contributed by atoms with Crippen LogP contribution in [0.15, 0.2) is 86.2 Å². The number of nitrogens with one attached hydrogen (secondary N) is 4. The summed E-state index contributed by atoms with van der Waals surface area (Å²) in [7, 11) is -9.84. The number of H-pyrrole nitrogens is 2. The van der Waals surface area contributed by atoms with Crippen molar-refractivity contribution in [3.8, 4) is 0 Å². The SMILES string of the molecule is Cc1cc(S(=O)(=O)O)c2c(NC(=O)CCCn3cc(CCCCC(=O)C4CC(NC(=O)c5cc(=O)[nH]c(=O)[nH]5)C(OC5OC(C)C(O)C(O)C5O)C(OC5OC(CO)C(O)C(O[C@@H](CC6CCCCC6)C(=O)O)C5OC(=O)c5ccccc5)C4)nn3)ccc(S(=O)(=O)O)c2c1. The molecular formula is C61H77N7O25S2. The zero-order valence-corrected chi connectivity index (χ0v) is 53.2. The summed E-state index contributed by atoms with van der Waals surface area (Å²) >= 11 is 0. The topological polar surface area (TPSA) is 491 Å². The first kappa shape index (κ1) is 72.0. The van der Waals surface area contributed by atoms with Crippen LogP contribution in [0.3, 0.4) is 0 Å². The molecule has 5 aromatic rings. The Labute approximate surface area is 543 Å². The van der Waals surface area contributed by atoms with Gasteiger partial charge in [0.05, 0.1) is 41.8 Å². The highest BCUT2D eigenvalue weighted by atomic mass is 32.2. The Kier molecular flexibility index (Phi) is 23.7. The van der Waals surface area contributed by atoms with Crippen molar-refractivity contribution in [1.82, 2.24) is 30.3 Å². The van der Waals surface area contributed by atoms with E-state index in [-0.39, 0.29) is 85.0 Å².